The Morgan fingerprint density at radius 1 is 0.974 bits per heavy atom. The zero-order valence-corrected chi connectivity index (χ0v) is 25.7. The van der Waals surface area contributed by atoms with Crippen LogP contribution in [0.3, 0.4) is 0 Å². The third-order valence-corrected chi connectivity index (χ3v) is 9.69. The zero-order valence-electron chi connectivity index (χ0n) is 23.1. The normalized spacial score (nSPS) is 14.0. The van der Waals surface area contributed by atoms with Crippen LogP contribution in [0.25, 0.3) is 0 Å². The van der Waals surface area contributed by atoms with E-state index in [9.17, 15) is 19.4 Å². The van der Waals surface area contributed by atoms with Crippen molar-refractivity contribution < 1.29 is 23.8 Å². The van der Waals surface area contributed by atoms with Crippen LogP contribution in [0, 0.1) is 0 Å². The van der Waals surface area contributed by atoms with Gasteiger partial charge in [0.15, 0.2) is 0 Å². The van der Waals surface area contributed by atoms with E-state index in [0.29, 0.717) is 6.42 Å². The van der Waals surface area contributed by atoms with Crippen molar-refractivity contribution in [3.63, 3.8) is 0 Å². The van der Waals surface area contributed by atoms with E-state index in [1.807, 2.05) is 21.6 Å². The van der Waals surface area contributed by atoms with E-state index in [1.54, 1.807) is 0 Å². The number of aromatic nitrogens is 2. The second-order valence-electron chi connectivity index (χ2n) is 9.60. The van der Waals surface area contributed by atoms with E-state index in [4.69, 9.17) is 15.0 Å². The van der Waals surface area contributed by atoms with Gasteiger partial charge in [-0.2, -0.15) is 4.98 Å². The van der Waals surface area contributed by atoms with Gasteiger partial charge in [0.1, 0.15) is 12.2 Å². The Morgan fingerprint density at radius 2 is 1.53 bits per heavy atom. The highest BCUT2D eigenvalue weighted by Gasteiger charge is 2.22. The lowest BCUT2D eigenvalue weighted by molar-refractivity contribution is 0.0167. The standard InChI is InChI=1S/C26H50N3O6PS2/c1-2-3-4-5-6-7-8-9-10-11-12-14-19-37-38-20-15-13-18-35-36(32,33)23-34-24(22-30)21-29-17-16-25(27)28-26(29)31/h16-17,24,30H,2-15,18-23H2,1H3,(H,32,33)(H2,27,28,31)/t24-/m0/s1. The molecule has 0 radical (unpaired) electrons. The van der Waals surface area contributed by atoms with Crippen molar-refractivity contribution in [3.8, 4) is 0 Å². The summed E-state index contributed by atoms with van der Waals surface area (Å²) in [6.45, 7) is 1.99. The Hall–Kier alpha value is -0.550. The Kier molecular flexibility index (Phi) is 21.6. The van der Waals surface area contributed by atoms with E-state index in [0.717, 1.165) is 12.2 Å². The van der Waals surface area contributed by atoms with Crippen molar-refractivity contribution in [2.45, 2.75) is 109 Å². The molecule has 0 saturated heterocycles. The van der Waals surface area contributed by atoms with Crippen LogP contribution in [0.1, 0.15) is 96.8 Å². The number of aliphatic hydroxyl groups excluding tert-OH is 1. The number of rotatable bonds is 26. The minimum Gasteiger partial charge on any atom is -0.394 e. The highest BCUT2D eigenvalue weighted by atomic mass is 33.1. The third kappa shape index (κ3) is 19.5. The first-order valence-electron chi connectivity index (χ1n) is 14.1. The van der Waals surface area contributed by atoms with Crippen LogP contribution >= 0.6 is 29.2 Å². The van der Waals surface area contributed by atoms with Crippen molar-refractivity contribution in [1.29, 1.82) is 0 Å². The second-order valence-corrected chi connectivity index (χ2v) is 14.1. The van der Waals surface area contributed by atoms with Gasteiger partial charge < -0.3 is 25.0 Å². The minimum absolute atomic E-state index is 0.0171. The van der Waals surface area contributed by atoms with Gasteiger partial charge in [0, 0.05) is 17.7 Å². The van der Waals surface area contributed by atoms with Crippen LogP contribution in [0.4, 0.5) is 5.82 Å². The van der Waals surface area contributed by atoms with Crippen molar-refractivity contribution in [2.24, 2.45) is 0 Å². The third-order valence-electron chi connectivity index (χ3n) is 6.05. The lowest BCUT2D eigenvalue weighted by Crippen LogP contribution is -2.32. The number of nitrogen functional groups attached to an aromatic ring is 1. The number of hydrogen-bond acceptors (Lipinski definition) is 9. The van der Waals surface area contributed by atoms with E-state index in [-0.39, 0.29) is 19.0 Å². The molecule has 0 aliphatic rings. The summed E-state index contributed by atoms with van der Waals surface area (Å²) in [5, 5.41) is 9.47. The molecule has 0 fully saturated rings. The van der Waals surface area contributed by atoms with Gasteiger partial charge in [-0.3, -0.25) is 9.13 Å². The van der Waals surface area contributed by atoms with Gasteiger partial charge in [0.05, 0.1) is 25.9 Å². The molecule has 1 unspecified atom stereocenters. The summed E-state index contributed by atoms with van der Waals surface area (Å²) in [6.07, 6.45) is 18.0. The summed E-state index contributed by atoms with van der Waals surface area (Å²) in [4.78, 5) is 25.4. The van der Waals surface area contributed by atoms with Gasteiger partial charge in [-0.25, -0.2) is 4.79 Å². The zero-order chi connectivity index (χ0) is 27.9. The highest BCUT2D eigenvalue weighted by Crippen LogP contribution is 2.42. The number of unbranched alkanes of at least 4 members (excludes halogenated alkanes) is 12. The predicted octanol–water partition coefficient (Wildman–Crippen LogP) is 6.23. The van der Waals surface area contributed by atoms with Crippen LogP contribution in [0.5, 0.6) is 0 Å². The molecule has 0 saturated carbocycles. The fourth-order valence-electron chi connectivity index (χ4n) is 3.79. The molecule has 1 rings (SSSR count). The summed E-state index contributed by atoms with van der Waals surface area (Å²) >= 11 is 0. The Morgan fingerprint density at radius 3 is 2.08 bits per heavy atom. The number of nitrogens with two attached hydrogens (primary N) is 1. The van der Waals surface area contributed by atoms with E-state index in [1.165, 1.54) is 99.6 Å². The maximum absolute atomic E-state index is 12.2. The largest absolute Gasteiger partial charge is 0.394 e. The number of anilines is 1. The van der Waals surface area contributed by atoms with Gasteiger partial charge in [-0.15, -0.1) is 0 Å². The SMILES string of the molecule is CCCCCCCCCCCCCCSSCCCCOP(=O)(O)CO[C@H](CO)Cn1ccc(N)nc1=O. The average Bonchev–Trinajstić information content (AvgIpc) is 2.89. The molecular formula is C26H50N3O6PS2. The van der Waals surface area contributed by atoms with E-state index < -0.39 is 32.3 Å². The molecule has 1 aromatic heterocycles. The molecule has 0 spiro atoms. The van der Waals surface area contributed by atoms with Gasteiger partial charge in [-0.05, 0) is 25.3 Å². The Bertz CT molecular complexity index is 817. The maximum atomic E-state index is 12.2. The van der Waals surface area contributed by atoms with Gasteiger partial charge in [0.2, 0.25) is 0 Å². The van der Waals surface area contributed by atoms with Crippen LogP contribution in [0.2, 0.25) is 0 Å². The van der Waals surface area contributed by atoms with Gasteiger partial charge >= 0.3 is 13.3 Å². The fourth-order valence-corrected chi connectivity index (χ4v) is 6.97. The summed E-state index contributed by atoms with van der Waals surface area (Å²) in [6, 6.07) is 1.45. The molecule has 9 nitrogen and oxygen atoms in total. The van der Waals surface area contributed by atoms with E-state index in [2.05, 4.69) is 11.9 Å². The number of ether oxygens (including phenoxy) is 1. The maximum Gasteiger partial charge on any atom is 0.353 e. The lowest BCUT2D eigenvalue weighted by atomic mass is 10.1. The smallest absolute Gasteiger partial charge is 0.353 e. The van der Waals surface area contributed by atoms with Crippen molar-refractivity contribution in [2.75, 3.05) is 36.8 Å². The highest BCUT2D eigenvalue weighted by molar-refractivity contribution is 8.76. The monoisotopic (exact) mass is 595 g/mol. The number of hydrogen-bond donors (Lipinski definition) is 3. The molecule has 0 aromatic carbocycles. The van der Waals surface area contributed by atoms with Crippen molar-refractivity contribution in [3.05, 3.63) is 22.7 Å². The van der Waals surface area contributed by atoms with Crippen molar-refractivity contribution in [1.82, 2.24) is 9.55 Å². The first-order chi connectivity index (χ1) is 18.4. The molecule has 0 amide bonds. The van der Waals surface area contributed by atoms with Gasteiger partial charge in [-0.1, -0.05) is 99.1 Å². The fraction of sp³-hybridized carbons (Fsp3) is 0.846. The molecule has 0 aliphatic heterocycles. The van der Waals surface area contributed by atoms with E-state index >= 15 is 0 Å². The minimum atomic E-state index is -3.94. The summed E-state index contributed by atoms with van der Waals surface area (Å²) in [7, 11) is -0.188. The topological polar surface area (TPSA) is 137 Å². The summed E-state index contributed by atoms with van der Waals surface area (Å²) < 4.78 is 23.9. The Balaban J connectivity index is 1.94. The molecule has 0 bridgehead atoms. The van der Waals surface area contributed by atoms with Crippen LogP contribution in [0.15, 0.2) is 17.1 Å². The molecule has 1 heterocycles. The van der Waals surface area contributed by atoms with Crippen molar-refractivity contribution >= 4 is 35.0 Å². The molecule has 2 atom stereocenters. The average molecular weight is 596 g/mol. The predicted molar refractivity (Wildman–Crippen MR) is 161 cm³/mol. The molecule has 1 aromatic rings. The van der Waals surface area contributed by atoms with Crippen LogP contribution in [-0.4, -0.2) is 56.7 Å². The van der Waals surface area contributed by atoms with Gasteiger partial charge in [0.25, 0.3) is 0 Å². The molecule has 4 N–H and O–H groups in total. The molecular weight excluding hydrogens is 545 g/mol. The first-order valence-corrected chi connectivity index (χ1v) is 18.4. The number of nitrogens with zero attached hydrogens (tertiary/aromatic N) is 2. The second kappa shape index (κ2) is 23.2. The summed E-state index contributed by atoms with van der Waals surface area (Å²) in [5.74, 6) is 2.25. The molecule has 0 aliphatic carbocycles. The first kappa shape index (κ1) is 35.5. The van der Waals surface area contributed by atoms with Crippen LogP contribution in [-0.2, 0) is 20.4 Å². The summed E-state index contributed by atoms with van der Waals surface area (Å²) in [5.41, 5.74) is 4.87. The quantitative estimate of drug-likeness (QED) is 0.0642. The molecule has 12 heteroatoms. The van der Waals surface area contributed by atoms with Crippen LogP contribution < -0.4 is 11.4 Å². The lowest BCUT2D eigenvalue weighted by Gasteiger charge is -2.19. The molecule has 222 valence electrons. The molecule has 38 heavy (non-hydrogen) atoms. The number of aliphatic hydroxyl groups is 1. The Labute approximate surface area is 237 Å².